The molecule has 1 aromatic rings. The Bertz CT molecular complexity index is 477. The van der Waals surface area contributed by atoms with E-state index in [1.54, 1.807) is 13.0 Å². The van der Waals surface area contributed by atoms with E-state index in [1.807, 2.05) is 0 Å². The van der Waals surface area contributed by atoms with E-state index >= 15 is 0 Å². The third-order valence-corrected chi connectivity index (χ3v) is 2.75. The van der Waals surface area contributed by atoms with Crippen molar-refractivity contribution in [2.45, 2.75) is 20.1 Å². The van der Waals surface area contributed by atoms with E-state index in [9.17, 15) is 9.59 Å². The molecule has 0 spiro atoms. The van der Waals surface area contributed by atoms with E-state index in [1.165, 1.54) is 17.9 Å². The van der Waals surface area contributed by atoms with E-state index in [0.29, 0.717) is 32.1 Å². The second-order valence-electron chi connectivity index (χ2n) is 4.37. The molecule has 110 valence electrons. The molecule has 20 heavy (non-hydrogen) atoms. The van der Waals surface area contributed by atoms with Gasteiger partial charge in [0.15, 0.2) is 0 Å². The number of carbonyl (C=O) groups is 2. The number of hydrogen-bond acceptors (Lipinski definition) is 6. The van der Waals surface area contributed by atoms with Gasteiger partial charge in [-0.1, -0.05) is 0 Å². The Morgan fingerprint density at radius 3 is 2.55 bits per heavy atom. The zero-order valence-electron chi connectivity index (χ0n) is 11.5. The fourth-order valence-corrected chi connectivity index (χ4v) is 1.74. The predicted octanol–water partition coefficient (Wildman–Crippen LogP) is 1.56. The van der Waals surface area contributed by atoms with Gasteiger partial charge in [-0.05, 0) is 19.1 Å². The molecule has 1 saturated heterocycles. The lowest BCUT2D eigenvalue weighted by Crippen LogP contribution is -2.42. The van der Waals surface area contributed by atoms with Gasteiger partial charge in [-0.2, -0.15) is 0 Å². The Balaban J connectivity index is 1.81. The summed E-state index contributed by atoms with van der Waals surface area (Å²) in [4.78, 5) is 25.0. The number of nitrogens with zero attached hydrogens (tertiary/aromatic N) is 1. The lowest BCUT2D eigenvalue weighted by molar-refractivity contribution is -0.0767. The molecule has 1 atom stereocenters. The SMILES string of the molecule is Cc1ccc(C(=O)OC(C)OC(=O)N2CCOCC2)o1. The van der Waals surface area contributed by atoms with Gasteiger partial charge in [-0.3, -0.25) is 0 Å². The molecule has 7 nitrogen and oxygen atoms in total. The molecule has 0 N–H and O–H groups in total. The van der Waals surface area contributed by atoms with Crippen molar-refractivity contribution in [3.8, 4) is 0 Å². The summed E-state index contributed by atoms with van der Waals surface area (Å²) in [5, 5.41) is 0. The quantitative estimate of drug-likeness (QED) is 0.619. The minimum atomic E-state index is -0.983. The van der Waals surface area contributed by atoms with Crippen LogP contribution in [0.3, 0.4) is 0 Å². The molecule has 1 unspecified atom stereocenters. The topological polar surface area (TPSA) is 78.2 Å². The van der Waals surface area contributed by atoms with Crippen LogP contribution in [0.5, 0.6) is 0 Å². The molecule has 1 amide bonds. The summed E-state index contributed by atoms with van der Waals surface area (Å²) in [6.45, 7) is 5.10. The van der Waals surface area contributed by atoms with Crippen LogP contribution in [-0.2, 0) is 14.2 Å². The Labute approximate surface area is 116 Å². The zero-order chi connectivity index (χ0) is 14.5. The highest BCUT2D eigenvalue weighted by atomic mass is 16.7. The number of amides is 1. The molecule has 7 heteroatoms. The molecular formula is C13H17NO6. The monoisotopic (exact) mass is 283 g/mol. The molecule has 0 aliphatic carbocycles. The number of carbonyl (C=O) groups excluding carboxylic acids is 2. The van der Waals surface area contributed by atoms with Crippen molar-refractivity contribution < 1.29 is 28.2 Å². The lowest BCUT2D eigenvalue weighted by atomic mass is 10.4. The third kappa shape index (κ3) is 3.74. The van der Waals surface area contributed by atoms with Crippen molar-refractivity contribution in [3.05, 3.63) is 23.7 Å². The highest BCUT2D eigenvalue weighted by Crippen LogP contribution is 2.10. The highest BCUT2D eigenvalue weighted by Gasteiger charge is 2.23. The summed E-state index contributed by atoms with van der Waals surface area (Å²) < 4.78 is 20.3. The number of esters is 1. The zero-order valence-corrected chi connectivity index (χ0v) is 11.5. The molecule has 1 fully saturated rings. The molecule has 2 heterocycles. The second kappa shape index (κ2) is 6.42. The van der Waals surface area contributed by atoms with Crippen molar-refractivity contribution in [2.24, 2.45) is 0 Å². The van der Waals surface area contributed by atoms with Gasteiger partial charge in [-0.25, -0.2) is 9.59 Å². The molecule has 0 saturated carbocycles. The van der Waals surface area contributed by atoms with E-state index in [4.69, 9.17) is 18.6 Å². The van der Waals surface area contributed by atoms with Crippen molar-refractivity contribution >= 4 is 12.1 Å². The fraction of sp³-hybridized carbons (Fsp3) is 0.538. The standard InChI is InChI=1S/C13H17NO6/c1-9-3-4-11(18-9)12(15)19-10(2)20-13(16)14-5-7-17-8-6-14/h3-4,10H,5-8H2,1-2H3. The van der Waals surface area contributed by atoms with Gasteiger partial charge in [0.05, 0.1) is 13.2 Å². The number of furan rings is 1. The van der Waals surface area contributed by atoms with Crippen molar-refractivity contribution in [2.75, 3.05) is 26.3 Å². The lowest BCUT2D eigenvalue weighted by Gasteiger charge is -2.27. The van der Waals surface area contributed by atoms with Gasteiger partial charge in [-0.15, -0.1) is 0 Å². The predicted molar refractivity (Wildman–Crippen MR) is 67.2 cm³/mol. The van der Waals surface area contributed by atoms with Gasteiger partial charge in [0.1, 0.15) is 5.76 Å². The van der Waals surface area contributed by atoms with Crippen molar-refractivity contribution in [1.82, 2.24) is 4.90 Å². The molecule has 2 rings (SSSR count). The Morgan fingerprint density at radius 1 is 1.25 bits per heavy atom. The Kier molecular flexibility index (Phi) is 4.62. The van der Waals surface area contributed by atoms with Gasteiger partial charge >= 0.3 is 12.1 Å². The Morgan fingerprint density at radius 2 is 1.95 bits per heavy atom. The molecule has 0 bridgehead atoms. The molecular weight excluding hydrogens is 266 g/mol. The van der Waals surface area contributed by atoms with E-state index in [-0.39, 0.29) is 5.76 Å². The van der Waals surface area contributed by atoms with Crippen molar-refractivity contribution in [3.63, 3.8) is 0 Å². The number of rotatable bonds is 3. The second-order valence-corrected chi connectivity index (χ2v) is 4.37. The van der Waals surface area contributed by atoms with Crippen LogP contribution in [0, 0.1) is 6.92 Å². The Hall–Kier alpha value is -2.02. The largest absolute Gasteiger partial charge is 0.454 e. The van der Waals surface area contributed by atoms with E-state index in [0.717, 1.165) is 0 Å². The molecule has 1 aromatic heterocycles. The highest BCUT2D eigenvalue weighted by molar-refractivity contribution is 5.86. The first-order chi connectivity index (χ1) is 9.56. The maximum Gasteiger partial charge on any atom is 0.413 e. The normalized spacial score (nSPS) is 16.6. The van der Waals surface area contributed by atoms with Crippen LogP contribution in [0.2, 0.25) is 0 Å². The van der Waals surface area contributed by atoms with Crippen LogP contribution in [0.1, 0.15) is 23.2 Å². The third-order valence-electron chi connectivity index (χ3n) is 2.75. The summed E-state index contributed by atoms with van der Waals surface area (Å²) in [7, 11) is 0. The maximum atomic E-state index is 11.8. The van der Waals surface area contributed by atoms with Crippen molar-refractivity contribution in [1.29, 1.82) is 0 Å². The summed E-state index contributed by atoms with van der Waals surface area (Å²) in [5.74, 6) is 0.0204. The summed E-state index contributed by atoms with van der Waals surface area (Å²) in [6, 6.07) is 3.16. The first-order valence-corrected chi connectivity index (χ1v) is 6.37. The van der Waals surface area contributed by atoms with Gasteiger partial charge < -0.3 is 23.5 Å². The smallest absolute Gasteiger partial charge is 0.413 e. The number of ether oxygens (including phenoxy) is 3. The van der Waals surface area contributed by atoms with Crippen LogP contribution >= 0.6 is 0 Å². The van der Waals surface area contributed by atoms with Crippen LogP contribution in [0.25, 0.3) is 0 Å². The summed E-state index contributed by atoms with van der Waals surface area (Å²) >= 11 is 0. The van der Waals surface area contributed by atoms with E-state index < -0.39 is 18.4 Å². The van der Waals surface area contributed by atoms with Crippen LogP contribution < -0.4 is 0 Å². The van der Waals surface area contributed by atoms with Crippen LogP contribution in [0.15, 0.2) is 16.5 Å². The maximum absolute atomic E-state index is 11.8. The molecule has 0 radical (unpaired) electrons. The number of aryl methyl sites for hydroxylation is 1. The first-order valence-electron chi connectivity index (χ1n) is 6.37. The summed E-state index contributed by atoms with van der Waals surface area (Å²) in [5.41, 5.74) is 0. The number of morpholine rings is 1. The minimum absolute atomic E-state index is 0.0803. The first kappa shape index (κ1) is 14.4. The van der Waals surface area contributed by atoms with Crippen LogP contribution in [-0.4, -0.2) is 49.6 Å². The summed E-state index contributed by atoms with van der Waals surface area (Å²) in [6.07, 6.45) is -1.51. The average Bonchev–Trinajstić information content (AvgIpc) is 2.86. The van der Waals surface area contributed by atoms with Crippen LogP contribution in [0.4, 0.5) is 4.79 Å². The molecule has 1 aliphatic heterocycles. The van der Waals surface area contributed by atoms with Gasteiger partial charge in [0.25, 0.3) is 0 Å². The minimum Gasteiger partial charge on any atom is -0.454 e. The van der Waals surface area contributed by atoms with Gasteiger partial charge in [0.2, 0.25) is 12.1 Å². The molecule has 1 aliphatic rings. The fourth-order valence-electron chi connectivity index (χ4n) is 1.74. The number of hydrogen-bond donors (Lipinski definition) is 0. The van der Waals surface area contributed by atoms with Gasteiger partial charge in [0, 0.05) is 20.0 Å². The van der Waals surface area contributed by atoms with E-state index in [2.05, 4.69) is 0 Å². The average molecular weight is 283 g/mol. The molecule has 0 aromatic carbocycles.